The van der Waals surface area contributed by atoms with Crippen LogP contribution in [0.2, 0.25) is 0 Å². The van der Waals surface area contributed by atoms with Crippen LogP contribution in [0.3, 0.4) is 0 Å². The van der Waals surface area contributed by atoms with E-state index in [-0.39, 0.29) is 18.1 Å². The van der Waals surface area contributed by atoms with E-state index in [1.807, 2.05) is 0 Å². The lowest BCUT2D eigenvalue weighted by Gasteiger charge is -2.26. The number of ether oxygens (including phenoxy) is 1. The number of aromatic nitrogens is 1. The van der Waals surface area contributed by atoms with Gasteiger partial charge in [-0.25, -0.2) is 14.8 Å². The lowest BCUT2D eigenvalue weighted by Crippen LogP contribution is -2.34. The van der Waals surface area contributed by atoms with Crippen molar-refractivity contribution in [3.63, 3.8) is 0 Å². The monoisotopic (exact) mass is 297 g/mol. The van der Waals surface area contributed by atoms with Gasteiger partial charge in [-0.3, -0.25) is 10.2 Å². The van der Waals surface area contributed by atoms with Gasteiger partial charge in [0.15, 0.2) is 16.6 Å². The molecule has 1 N–H and O–H groups in total. The lowest BCUT2D eigenvalue weighted by atomic mass is 10.2. The Labute approximate surface area is 122 Å². The van der Waals surface area contributed by atoms with Crippen molar-refractivity contribution >= 4 is 28.2 Å². The molecule has 0 spiro atoms. The van der Waals surface area contributed by atoms with E-state index in [1.54, 1.807) is 6.92 Å². The maximum absolute atomic E-state index is 11.8. The Morgan fingerprint density at radius 1 is 1.35 bits per heavy atom. The zero-order valence-corrected chi connectivity index (χ0v) is 12.6. The van der Waals surface area contributed by atoms with Crippen LogP contribution in [-0.4, -0.2) is 41.4 Å². The first-order chi connectivity index (χ1) is 9.61. The third-order valence-corrected chi connectivity index (χ3v) is 4.09. The number of carbonyl (C=O) groups excluding carboxylic acids is 2. The Bertz CT molecular complexity index is 495. The summed E-state index contributed by atoms with van der Waals surface area (Å²) in [6.07, 6.45) is 3.52. The summed E-state index contributed by atoms with van der Waals surface area (Å²) in [5.74, 6) is -0.710. The average molecular weight is 297 g/mol. The normalized spacial score (nSPS) is 15.9. The summed E-state index contributed by atoms with van der Waals surface area (Å²) < 4.78 is 4.93. The molecule has 0 saturated carbocycles. The van der Waals surface area contributed by atoms with Crippen LogP contribution in [0.25, 0.3) is 0 Å². The second-order valence-corrected chi connectivity index (χ2v) is 5.63. The number of hydrogen-bond donors (Lipinski definition) is 1. The minimum atomic E-state index is -0.541. The molecule has 2 heterocycles. The summed E-state index contributed by atoms with van der Waals surface area (Å²) in [7, 11) is 0. The van der Waals surface area contributed by atoms with Gasteiger partial charge >= 0.3 is 5.97 Å². The van der Waals surface area contributed by atoms with Gasteiger partial charge in [0, 0.05) is 20.0 Å². The predicted molar refractivity (Wildman–Crippen MR) is 77.1 cm³/mol. The maximum atomic E-state index is 11.8. The first kappa shape index (κ1) is 14.9. The molecule has 1 fully saturated rings. The van der Waals surface area contributed by atoms with Crippen LogP contribution in [0, 0.1) is 0 Å². The molecule has 0 amide bonds. The van der Waals surface area contributed by atoms with E-state index in [2.05, 4.69) is 15.4 Å². The molecule has 0 atom stereocenters. The minimum Gasteiger partial charge on any atom is -0.461 e. The fourth-order valence-corrected chi connectivity index (χ4v) is 2.96. The zero-order chi connectivity index (χ0) is 14.5. The number of piperidine rings is 1. The van der Waals surface area contributed by atoms with Gasteiger partial charge in [0.2, 0.25) is 0 Å². The van der Waals surface area contributed by atoms with Gasteiger partial charge in [-0.05, 0) is 19.8 Å². The van der Waals surface area contributed by atoms with Gasteiger partial charge in [-0.1, -0.05) is 17.8 Å². The molecule has 0 bridgehead atoms. The molecule has 1 aromatic heterocycles. The Hall–Kier alpha value is -1.47. The first-order valence-electron chi connectivity index (χ1n) is 6.82. The number of rotatable bonds is 5. The topological polar surface area (TPSA) is 71.5 Å². The number of Topliss-reactive ketones (excluding diaryl/α,β-unsaturated/α-hetero) is 1. The lowest BCUT2D eigenvalue weighted by molar-refractivity contribution is 0.0517. The molecule has 7 heteroatoms. The van der Waals surface area contributed by atoms with Crippen molar-refractivity contribution in [3.05, 3.63) is 10.6 Å². The average Bonchev–Trinajstić information content (AvgIpc) is 2.84. The molecule has 1 saturated heterocycles. The molecule has 0 radical (unpaired) electrons. The van der Waals surface area contributed by atoms with E-state index in [4.69, 9.17) is 4.74 Å². The fraction of sp³-hybridized carbons (Fsp3) is 0.615. The first-order valence-corrected chi connectivity index (χ1v) is 7.64. The van der Waals surface area contributed by atoms with Crippen LogP contribution >= 0.6 is 11.3 Å². The summed E-state index contributed by atoms with van der Waals surface area (Å²) in [5.41, 5.74) is 3.29. The largest absolute Gasteiger partial charge is 0.461 e. The number of thiazole rings is 1. The summed E-state index contributed by atoms with van der Waals surface area (Å²) in [6.45, 7) is 5.32. The SMILES string of the molecule is CCOC(=O)c1nc(NN2CCCCC2)sc1C(C)=O. The molecule has 20 heavy (non-hydrogen) atoms. The van der Waals surface area contributed by atoms with Crippen LogP contribution < -0.4 is 5.43 Å². The molecule has 6 nitrogen and oxygen atoms in total. The quantitative estimate of drug-likeness (QED) is 0.664. The van der Waals surface area contributed by atoms with Gasteiger partial charge < -0.3 is 4.74 Å². The van der Waals surface area contributed by atoms with Gasteiger partial charge in [-0.15, -0.1) is 0 Å². The molecule has 0 unspecified atom stereocenters. The van der Waals surface area contributed by atoms with Crippen LogP contribution in [0.15, 0.2) is 0 Å². The molecule has 1 aliphatic rings. The summed E-state index contributed by atoms with van der Waals surface area (Å²) in [4.78, 5) is 28.0. The van der Waals surface area contributed by atoms with Crippen LogP contribution in [0.1, 0.15) is 53.3 Å². The van der Waals surface area contributed by atoms with Gasteiger partial charge in [-0.2, -0.15) is 0 Å². The standard InChI is InChI=1S/C13H19N3O3S/c1-3-19-12(18)10-11(9(2)17)20-13(14-10)15-16-7-5-4-6-8-16/h3-8H2,1-2H3,(H,14,15). The molecule has 2 rings (SSSR count). The number of ketones is 1. The zero-order valence-electron chi connectivity index (χ0n) is 11.8. The second-order valence-electron chi connectivity index (χ2n) is 4.63. The molecule has 1 aromatic rings. The van der Waals surface area contributed by atoms with Crippen molar-refractivity contribution in [1.82, 2.24) is 9.99 Å². The van der Waals surface area contributed by atoms with Gasteiger partial charge in [0.05, 0.1) is 6.61 Å². The number of hydrogen-bond acceptors (Lipinski definition) is 7. The van der Waals surface area contributed by atoms with E-state index >= 15 is 0 Å². The number of anilines is 1. The van der Waals surface area contributed by atoms with E-state index in [0.717, 1.165) is 25.9 Å². The predicted octanol–water partition coefficient (Wildman–Crippen LogP) is 2.34. The number of carbonyl (C=O) groups is 2. The van der Waals surface area contributed by atoms with Crippen LogP contribution in [0.4, 0.5) is 5.13 Å². The minimum absolute atomic E-state index is 0.115. The molecule has 110 valence electrons. The molecule has 0 aliphatic carbocycles. The van der Waals surface area contributed by atoms with Crippen molar-refractivity contribution in [1.29, 1.82) is 0 Å². The van der Waals surface area contributed by atoms with Crippen LogP contribution in [-0.2, 0) is 4.74 Å². The van der Waals surface area contributed by atoms with Crippen molar-refractivity contribution in [2.24, 2.45) is 0 Å². The number of esters is 1. The highest BCUT2D eigenvalue weighted by Gasteiger charge is 2.23. The molecular formula is C13H19N3O3S. The van der Waals surface area contributed by atoms with Gasteiger partial charge in [0.25, 0.3) is 0 Å². The van der Waals surface area contributed by atoms with Crippen molar-refractivity contribution < 1.29 is 14.3 Å². The smallest absolute Gasteiger partial charge is 0.358 e. The maximum Gasteiger partial charge on any atom is 0.358 e. The second kappa shape index (κ2) is 6.81. The van der Waals surface area contributed by atoms with E-state index in [9.17, 15) is 9.59 Å². The molecule has 1 aliphatic heterocycles. The highest BCUT2D eigenvalue weighted by Crippen LogP contribution is 2.25. The Balaban J connectivity index is 2.15. The third-order valence-electron chi connectivity index (χ3n) is 3.03. The van der Waals surface area contributed by atoms with Crippen molar-refractivity contribution in [2.75, 3.05) is 25.1 Å². The molecule has 0 aromatic carbocycles. The number of nitrogens with zero attached hydrogens (tertiary/aromatic N) is 2. The highest BCUT2D eigenvalue weighted by molar-refractivity contribution is 7.17. The number of hydrazine groups is 1. The van der Waals surface area contributed by atoms with Gasteiger partial charge in [0.1, 0.15) is 4.88 Å². The summed E-state index contributed by atoms with van der Waals surface area (Å²) in [6, 6.07) is 0. The summed E-state index contributed by atoms with van der Waals surface area (Å²) in [5, 5.41) is 2.64. The van der Waals surface area contributed by atoms with Crippen LogP contribution in [0.5, 0.6) is 0 Å². The molecular weight excluding hydrogens is 278 g/mol. The Kier molecular flexibility index (Phi) is 5.08. The highest BCUT2D eigenvalue weighted by atomic mass is 32.1. The number of nitrogens with one attached hydrogen (secondary N) is 1. The van der Waals surface area contributed by atoms with Crippen molar-refractivity contribution in [2.45, 2.75) is 33.1 Å². The fourth-order valence-electron chi connectivity index (χ4n) is 2.09. The Morgan fingerprint density at radius 3 is 2.65 bits per heavy atom. The summed E-state index contributed by atoms with van der Waals surface area (Å²) >= 11 is 1.20. The van der Waals surface area contributed by atoms with E-state index in [1.165, 1.54) is 24.7 Å². The Morgan fingerprint density at radius 2 is 2.05 bits per heavy atom. The van der Waals surface area contributed by atoms with E-state index < -0.39 is 5.97 Å². The van der Waals surface area contributed by atoms with E-state index in [0.29, 0.717) is 10.0 Å². The van der Waals surface area contributed by atoms with Crippen molar-refractivity contribution in [3.8, 4) is 0 Å². The third kappa shape index (κ3) is 3.55.